The number of fused-ring (bicyclic) bond motifs is 1. The van der Waals surface area contributed by atoms with Crippen molar-refractivity contribution in [2.24, 2.45) is 0 Å². The van der Waals surface area contributed by atoms with Crippen LogP contribution in [0.4, 0.5) is 5.00 Å². The minimum Gasteiger partial charge on any atom is -0.478 e. The van der Waals surface area contributed by atoms with Crippen LogP contribution >= 0.6 is 22.9 Å². The van der Waals surface area contributed by atoms with Gasteiger partial charge in [-0.05, 0) is 18.2 Å². The van der Waals surface area contributed by atoms with E-state index in [1.54, 1.807) is 12.1 Å². The second kappa shape index (κ2) is 3.15. The fraction of sp³-hybridized carbons (Fsp3) is 0. The molecule has 1 heterocycles. The molecule has 0 atom stereocenters. The SMILES string of the molecule is Nc1cc2c(C(=O)O)cc(Cl)cc2s1. The van der Waals surface area contributed by atoms with Crippen molar-refractivity contribution >= 4 is 44.0 Å². The Morgan fingerprint density at radius 3 is 2.79 bits per heavy atom. The molecule has 0 saturated carbocycles. The van der Waals surface area contributed by atoms with Gasteiger partial charge in [-0.2, -0.15) is 0 Å². The Morgan fingerprint density at radius 1 is 1.43 bits per heavy atom. The lowest BCUT2D eigenvalue weighted by molar-refractivity contribution is 0.0699. The predicted molar refractivity (Wildman–Crippen MR) is 58.2 cm³/mol. The second-order valence-electron chi connectivity index (χ2n) is 2.82. The van der Waals surface area contributed by atoms with Crippen molar-refractivity contribution in [3.63, 3.8) is 0 Å². The molecule has 5 heteroatoms. The first-order chi connectivity index (χ1) is 6.58. The number of hydrogen-bond acceptors (Lipinski definition) is 3. The van der Waals surface area contributed by atoms with Gasteiger partial charge in [-0.3, -0.25) is 0 Å². The molecule has 0 aliphatic rings. The van der Waals surface area contributed by atoms with Gasteiger partial charge in [0.05, 0.1) is 10.6 Å². The average molecular weight is 228 g/mol. The summed E-state index contributed by atoms with van der Waals surface area (Å²) >= 11 is 7.11. The van der Waals surface area contributed by atoms with Crippen molar-refractivity contribution in [3.05, 3.63) is 28.8 Å². The maximum absolute atomic E-state index is 10.9. The molecule has 3 N–H and O–H groups in total. The van der Waals surface area contributed by atoms with Crippen LogP contribution in [0, 0.1) is 0 Å². The highest BCUT2D eigenvalue weighted by atomic mass is 35.5. The first kappa shape index (κ1) is 9.30. The van der Waals surface area contributed by atoms with Gasteiger partial charge in [-0.15, -0.1) is 11.3 Å². The lowest BCUT2D eigenvalue weighted by atomic mass is 10.1. The molecule has 1 aromatic heterocycles. The topological polar surface area (TPSA) is 63.3 Å². The Labute approximate surface area is 88.7 Å². The minimum atomic E-state index is -0.990. The van der Waals surface area contributed by atoms with Crippen molar-refractivity contribution in [1.29, 1.82) is 0 Å². The molecule has 0 fully saturated rings. The zero-order valence-corrected chi connectivity index (χ0v) is 8.52. The summed E-state index contributed by atoms with van der Waals surface area (Å²) in [4.78, 5) is 10.9. The number of nitrogen functional groups attached to an aromatic ring is 1. The van der Waals surface area contributed by atoms with E-state index in [-0.39, 0.29) is 5.56 Å². The van der Waals surface area contributed by atoms with Crippen molar-refractivity contribution in [1.82, 2.24) is 0 Å². The second-order valence-corrected chi connectivity index (χ2v) is 4.37. The van der Waals surface area contributed by atoms with Gasteiger partial charge >= 0.3 is 5.97 Å². The Bertz CT molecular complexity index is 521. The first-order valence-corrected chi connectivity index (χ1v) is 4.99. The summed E-state index contributed by atoms with van der Waals surface area (Å²) in [6.45, 7) is 0. The van der Waals surface area contributed by atoms with Gasteiger partial charge in [0.2, 0.25) is 0 Å². The first-order valence-electron chi connectivity index (χ1n) is 3.80. The number of hydrogen-bond donors (Lipinski definition) is 2. The molecule has 14 heavy (non-hydrogen) atoms. The molecule has 1 aromatic carbocycles. The fourth-order valence-electron chi connectivity index (χ4n) is 1.30. The highest BCUT2D eigenvalue weighted by Gasteiger charge is 2.11. The van der Waals surface area contributed by atoms with Crippen LogP contribution in [0.5, 0.6) is 0 Å². The van der Waals surface area contributed by atoms with E-state index < -0.39 is 5.97 Å². The molecular weight excluding hydrogens is 222 g/mol. The number of rotatable bonds is 1. The number of halogens is 1. The molecule has 0 bridgehead atoms. The Morgan fingerprint density at radius 2 is 2.14 bits per heavy atom. The molecular formula is C9H6ClNO2S. The molecule has 2 rings (SSSR count). The van der Waals surface area contributed by atoms with E-state index in [1.165, 1.54) is 17.4 Å². The largest absolute Gasteiger partial charge is 0.478 e. The standard InChI is InChI=1S/C9H6ClNO2S/c10-4-1-6(9(12)13)5-3-8(11)14-7(5)2-4/h1-3H,11H2,(H,12,13). The Hall–Kier alpha value is -1.26. The predicted octanol–water partition coefficient (Wildman–Crippen LogP) is 2.84. The normalized spacial score (nSPS) is 10.6. The van der Waals surface area contributed by atoms with E-state index >= 15 is 0 Å². The van der Waals surface area contributed by atoms with E-state index in [9.17, 15) is 4.79 Å². The number of aromatic carboxylic acids is 1. The summed E-state index contributed by atoms with van der Waals surface area (Å²) in [6, 6.07) is 4.79. The summed E-state index contributed by atoms with van der Waals surface area (Å²) in [5.74, 6) is -0.990. The molecule has 2 aromatic rings. The molecule has 72 valence electrons. The van der Waals surface area contributed by atoms with Gasteiger partial charge in [0.25, 0.3) is 0 Å². The molecule has 0 amide bonds. The summed E-state index contributed by atoms with van der Waals surface area (Å²) in [7, 11) is 0. The maximum Gasteiger partial charge on any atom is 0.336 e. The lowest BCUT2D eigenvalue weighted by Crippen LogP contribution is -1.96. The Kier molecular flexibility index (Phi) is 2.09. The molecule has 0 aliphatic heterocycles. The lowest BCUT2D eigenvalue weighted by Gasteiger charge is -1.97. The number of anilines is 1. The van der Waals surface area contributed by atoms with E-state index in [0.29, 0.717) is 15.4 Å². The third-order valence-corrected chi connectivity index (χ3v) is 2.98. The van der Waals surface area contributed by atoms with Crippen molar-refractivity contribution < 1.29 is 9.90 Å². The van der Waals surface area contributed by atoms with Crippen LogP contribution in [-0.2, 0) is 0 Å². The van der Waals surface area contributed by atoms with Crippen LogP contribution in [0.25, 0.3) is 10.1 Å². The van der Waals surface area contributed by atoms with Crippen LogP contribution in [0.1, 0.15) is 10.4 Å². The van der Waals surface area contributed by atoms with E-state index in [1.807, 2.05) is 0 Å². The van der Waals surface area contributed by atoms with Crippen LogP contribution in [-0.4, -0.2) is 11.1 Å². The van der Waals surface area contributed by atoms with Crippen molar-refractivity contribution in [3.8, 4) is 0 Å². The third kappa shape index (κ3) is 1.42. The zero-order valence-electron chi connectivity index (χ0n) is 6.95. The quantitative estimate of drug-likeness (QED) is 0.788. The summed E-state index contributed by atoms with van der Waals surface area (Å²) < 4.78 is 0.799. The molecule has 0 saturated heterocycles. The van der Waals surface area contributed by atoms with Crippen LogP contribution in [0.2, 0.25) is 5.02 Å². The van der Waals surface area contributed by atoms with Gasteiger partial charge in [0, 0.05) is 15.1 Å². The highest BCUT2D eigenvalue weighted by Crippen LogP contribution is 2.32. The van der Waals surface area contributed by atoms with Gasteiger partial charge in [-0.1, -0.05) is 11.6 Å². The summed E-state index contributed by atoms with van der Waals surface area (Å²) in [5.41, 5.74) is 5.79. The zero-order chi connectivity index (χ0) is 10.3. The van der Waals surface area contributed by atoms with Crippen LogP contribution in [0.15, 0.2) is 18.2 Å². The number of benzene rings is 1. The molecule has 0 aliphatic carbocycles. The van der Waals surface area contributed by atoms with E-state index in [0.717, 1.165) is 4.70 Å². The molecule has 0 radical (unpaired) electrons. The summed E-state index contributed by atoms with van der Waals surface area (Å²) in [6.07, 6.45) is 0. The summed E-state index contributed by atoms with van der Waals surface area (Å²) in [5, 5.41) is 10.6. The minimum absolute atomic E-state index is 0.195. The van der Waals surface area contributed by atoms with E-state index in [2.05, 4.69) is 0 Å². The smallest absolute Gasteiger partial charge is 0.336 e. The van der Waals surface area contributed by atoms with Crippen molar-refractivity contribution in [2.75, 3.05) is 5.73 Å². The van der Waals surface area contributed by atoms with Gasteiger partial charge in [0.1, 0.15) is 0 Å². The number of carboxylic acids is 1. The molecule has 0 spiro atoms. The van der Waals surface area contributed by atoms with Crippen molar-refractivity contribution in [2.45, 2.75) is 0 Å². The number of nitrogens with two attached hydrogens (primary N) is 1. The maximum atomic E-state index is 10.9. The number of thiophene rings is 1. The monoisotopic (exact) mass is 227 g/mol. The number of carbonyl (C=O) groups is 1. The molecule has 0 unspecified atom stereocenters. The average Bonchev–Trinajstić information content (AvgIpc) is 2.42. The number of carboxylic acid groups (broad SMARTS) is 1. The van der Waals surface area contributed by atoms with Crippen LogP contribution < -0.4 is 5.73 Å². The van der Waals surface area contributed by atoms with Gasteiger partial charge < -0.3 is 10.8 Å². The fourth-order valence-corrected chi connectivity index (χ4v) is 2.48. The van der Waals surface area contributed by atoms with Gasteiger partial charge in [-0.25, -0.2) is 4.79 Å². The highest BCUT2D eigenvalue weighted by molar-refractivity contribution is 7.22. The van der Waals surface area contributed by atoms with Gasteiger partial charge in [0.15, 0.2) is 0 Å². The van der Waals surface area contributed by atoms with E-state index in [4.69, 9.17) is 22.4 Å². The molecule has 3 nitrogen and oxygen atoms in total. The third-order valence-electron chi connectivity index (χ3n) is 1.85. The van der Waals surface area contributed by atoms with Crippen LogP contribution in [0.3, 0.4) is 0 Å². The Balaban J connectivity index is 2.85.